The summed E-state index contributed by atoms with van der Waals surface area (Å²) in [5, 5.41) is 0.732. The molecule has 1 aromatic heterocycles. The summed E-state index contributed by atoms with van der Waals surface area (Å²) in [5.41, 5.74) is 6.19. The zero-order valence-corrected chi connectivity index (χ0v) is 14.4. The first-order valence-electron chi connectivity index (χ1n) is 7.65. The molecule has 1 amide bonds. The molecule has 2 heterocycles. The molecule has 0 aliphatic carbocycles. The van der Waals surface area contributed by atoms with Crippen LogP contribution in [-0.4, -0.2) is 35.4 Å². The average molecular weight is 366 g/mol. The summed E-state index contributed by atoms with van der Waals surface area (Å²) < 4.78 is 5.62. The summed E-state index contributed by atoms with van der Waals surface area (Å²) in [4.78, 5) is 18.4. The number of amides is 1. The summed E-state index contributed by atoms with van der Waals surface area (Å²) >= 11 is 12.0. The number of carbonyl (C=O) groups is 1. The van der Waals surface area contributed by atoms with Crippen molar-refractivity contribution >= 4 is 29.1 Å². The van der Waals surface area contributed by atoms with Gasteiger partial charge in [0.2, 0.25) is 5.88 Å². The van der Waals surface area contributed by atoms with Gasteiger partial charge in [0.25, 0.3) is 5.91 Å². The monoisotopic (exact) mass is 365 g/mol. The van der Waals surface area contributed by atoms with Crippen LogP contribution in [0.3, 0.4) is 0 Å². The second kappa shape index (κ2) is 7.38. The van der Waals surface area contributed by atoms with Crippen molar-refractivity contribution in [2.45, 2.75) is 6.42 Å². The van der Waals surface area contributed by atoms with Gasteiger partial charge in [0.1, 0.15) is 10.8 Å². The number of hydrogen-bond acceptors (Lipinski definition) is 4. The highest BCUT2D eigenvalue weighted by Crippen LogP contribution is 2.34. The first kappa shape index (κ1) is 17.0. The summed E-state index contributed by atoms with van der Waals surface area (Å²) in [6.45, 7) is 2.04. The quantitative estimate of drug-likeness (QED) is 0.898. The van der Waals surface area contributed by atoms with Crippen LogP contribution in [-0.2, 0) is 0 Å². The number of likely N-dealkylation sites (tertiary alicyclic amines) is 1. The Morgan fingerprint density at radius 3 is 2.83 bits per heavy atom. The Kier molecular flexibility index (Phi) is 5.23. The molecule has 126 valence electrons. The van der Waals surface area contributed by atoms with Gasteiger partial charge in [-0.15, -0.1) is 0 Å². The minimum Gasteiger partial charge on any atom is -0.437 e. The van der Waals surface area contributed by atoms with Gasteiger partial charge in [0.15, 0.2) is 0 Å². The molecule has 0 spiro atoms. The Morgan fingerprint density at radius 2 is 2.17 bits per heavy atom. The fourth-order valence-electron chi connectivity index (χ4n) is 2.63. The third-order valence-corrected chi connectivity index (χ3v) is 4.82. The Bertz CT molecular complexity index is 737. The van der Waals surface area contributed by atoms with E-state index in [0.29, 0.717) is 46.2 Å². The third-order valence-electron chi connectivity index (χ3n) is 4.02. The van der Waals surface area contributed by atoms with E-state index in [1.165, 1.54) is 6.20 Å². The van der Waals surface area contributed by atoms with Gasteiger partial charge in [-0.3, -0.25) is 4.79 Å². The molecular formula is C17H17Cl2N3O2. The molecule has 1 atom stereocenters. The number of benzene rings is 1. The molecule has 1 saturated heterocycles. The largest absolute Gasteiger partial charge is 0.437 e. The molecule has 0 saturated carbocycles. The minimum absolute atomic E-state index is 0.0363. The highest BCUT2D eigenvalue weighted by molar-refractivity contribution is 6.42. The Balaban J connectivity index is 1.69. The molecule has 1 aliphatic rings. The highest BCUT2D eigenvalue weighted by Gasteiger charge is 2.26. The number of hydrogen-bond donors (Lipinski definition) is 1. The predicted octanol–water partition coefficient (Wildman–Crippen LogP) is 3.60. The van der Waals surface area contributed by atoms with Crippen molar-refractivity contribution in [2.75, 3.05) is 19.6 Å². The van der Waals surface area contributed by atoms with E-state index in [2.05, 4.69) is 4.98 Å². The van der Waals surface area contributed by atoms with Crippen LogP contribution >= 0.6 is 23.2 Å². The molecule has 5 nitrogen and oxygen atoms in total. The van der Waals surface area contributed by atoms with Gasteiger partial charge in [0.05, 0.1) is 10.6 Å². The SMILES string of the molecule is NC[C@@H]1CCN(C(=O)c2ccc(Oc3cccc(Cl)c3Cl)nc2)C1. The molecule has 3 rings (SSSR count). The number of nitrogens with zero attached hydrogens (tertiary/aromatic N) is 2. The Hall–Kier alpha value is -1.82. The van der Waals surface area contributed by atoms with E-state index in [0.717, 1.165) is 13.0 Å². The van der Waals surface area contributed by atoms with Crippen molar-refractivity contribution < 1.29 is 9.53 Å². The van der Waals surface area contributed by atoms with E-state index in [4.69, 9.17) is 33.7 Å². The average Bonchev–Trinajstić information content (AvgIpc) is 3.08. The molecule has 0 bridgehead atoms. The maximum atomic E-state index is 12.4. The molecule has 1 fully saturated rings. The van der Waals surface area contributed by atoms with E-state index in [9.17, 15) is 4.79 Å². The number of carbonyl (C=O) groups excluding carboxylic acids is 1. The Labute approximate surface area is 150 Å². The van der Waals surface area contributed by atoms with Crippen LogP contribution in [0.1, 0.15) is 16.8 Å². The molecule has 2 aromatic rings. The van der Waals surface area contributed by atoms with Crippen LogP contribution in [0.2, 0.25) is 10.0 Å². The molecule has 1 aromatic carbocycles. The first-order chi connectivity index (χ1) is 11.6. The van der Waals surface area contributed by atoms with Crippen molar-refractivity contribution in [1.82, 2.24) is 9.88 Å². The maximum absolute atomic E-state index is 12.4. The first-order valence-corrected chi connectivity index (χ1v) is 8.41. The number of halogens is 2. The van der Waals surface area contributed by atoms with E-state index < -0.39 is 0 Å². The highest BCUT2D eigenvalue weighted by atomic mass is 35.5. The van der Waals surface area contributed by atoms with Crippen molar-refractivity contribution in [2.24, 2.45) is 11.7 Å². The van der Waals surface area contributed by atoms with Crippen molar-refractivity contribution in [1.29, 1.82) is 0 Å². The maximum Gasteiger partial charge on any atom is 0.255 e. The normalized spacial score (nSPS) is 17.1. The van der Waals surface area contributed by atoms with E-state index in [1.54, 1.807) is 30.3 Å². The fourth-order valence-corrected chi connectivity index (χ4v) is 2.97. The van der Waals surface area contributed by atoms with Crippen LogP contribution in [0.5, 0.6) is 11.6 Å². The number of ether oxygens (including phenoxy) is 1. The van der Waals surface area contributed by atoms with Crippen LogP contribution < -0.4 is 10.5 Å². The molecule has 0 radical (unpaired) electrons. The summed E-state index contributed by atoms with van der Waals surface area (Å²) in [5.74, 6) is 1.11. The molecular weight excluding hydrogens is 349 g/mol. The van der Waals surface area contributed by atoms with Crippen LogP contribution in [0.4, 0.5) is 0 Å². The zero-order valence-electron chi connectivity index (χ0n) is 12.9. The van der Waals surface area contributed by atoms with Gasteiger partial charge in [0, 0.05) is 25.4 Å². The van der Waals surface area contributed by atoms with E-state index in [-0.39, 0.29) is 5.91 Å². The van der Waals surface area contributed by atoms with Crippen LogP contribution in [0.15, 0.2) is 36.5 Å². The summed E-state index contributed by atoms with van der Waals surface area (Å²) in [6, 6.07) is 8.45. The predicted molar refractivity (Wildman–Crippen MR) is 93.8 cm³/mol. The molecule has 1 aliphatic heterocycles. The topological polar surface area (TPSA) is 68.5 Å². The van der Waals surface area contributed by atoms with Crippen molar-refractivity contribution in [3.05, 3.63) is 52.1 Å². The minimum atomic E-state index is -0.0363. The number of aromatic nitrogens is 1. The van der Waals surface area contributed by atoms with Gasteiger partial charge in [-0.05, 0) is 37.1 Å². The molecule has 7 heteroatoms. The number of pyridine rings is 1. The van der Waals surface area contributed by atoms with Crippen LogP contribution in [0.25, 0.3) is 0 Å². The summed E-state index contributed by atoms with van der Waals surface area (Å²) in [6.07, 6.45) is 2.45. The van der Waals surface area contributed by atoms with Gasteiger partial charge in [-0.25, -0.2) is 4.98 Å². The lowest BCUT2D eigenvalue weighted by atomic mass is 10.1. The van der Waals surface area contributed by atoms with Crippen LogP contribution in [0, 0.1) is 5.92 Å². The second-order valence-corrected chi connectivity index (χ2v) is 6.47. The van der Waals surface area contributed by atoms with Gasteiger partial charge >= 0.3 is 0 Å². The standard InChI is InChI=1S/C17H17Cl2N3O2/c18-13-2-1-3-14(16(13)19)24-15-5-4-12(9-21-15)17(23)22-7-6-11(8-20)10-22/h1-5,9,11H,6-8,10,20H2/t11-/m0/s1. The van der Waals surface area contributed by atoms with Crippen molar-refractivity contribution in [3.63, 3.8) is 0 Å². The van der Waals surface area contributed by atoms with Gasteiger partial charge in [-0.2, -0.15) is 0 Å². The second-order valence-electron chi connectivity index (χ2n) is 5.68. The number of rotatable bonds is 4. The molecule has 24 heavy (non-hydrogen) atoms. The lowest BCUT2D eigenvalue weighted by Gasteiger charge is -2.16. The lowest BCUT2D eigenvalue weighted by molar-refractivity contribution is 0.0787. The van der Waals surface area contributed by atoms with E-state index >= 15 is 0 Å². The third kappa shape index (κ3) is 3.64. The van der Waals surface area contributed by atoms with Crippen molar-refractivity contribution in [3.8, 4) is 11.6 Å². The van der Waals surface area contributed by atoms with Gasteiger partial charge in [-0.1, -0.05) is 29.3 Å². The fraction of sp³-hybridized carbons (Fsp3) is 0.294. The smallest absolute Gasteiger partial charge is 0.255 e. The van der Waals surface area contributed by atoms with Gasteiger partial charge < -0.3 is 15.4 Å². The number of nitrogens with two attached hydrogens (primary N) is 1. The summed E-state index contributed by atoms with van der Waals surface area (Å²) in [7, 11) is 0. The van der Waals surface area contributed by atoms with E-state index in [1.807, 2.05) is 4.90 Å². The Morgan fingerprint density at radius 1 is 1.33 bits per heavy atom. The zero-order chi connectivity index (χ0) is 17.1. The molecule has 2 N–H and O–H groups in total. The lowest BCUT2D eigenvalue weighted by Crippen LogP contribution is -2.29. The molecule has 0 unspecified atom stereocenters.